The van der Waals surface area contributed by atoms with E-state index in [1.807, 2.05) is 21.1 Å². The van der Waals surface area contributed by atoms with Crippen molar-refractivity contribution in [2.24, 2.45) is 10.4 Å². The second-order valence-corrected chi connectivity index (χ2v) is 8.47. The van der Waals surface area contributed by atoms with E-state index < -0.39 is 0 Å². The largest absolute Gasteiger partial charge is 0.355 e. The molecule has 0 radical (unpaired) electrons. The van der Waals surface area contributed by atoms with Crippen molar-refractivity contribution in [1.82, 2.24) is 20.4 Å². The monoisotopic (exact) mass is 349 g/mol. The van der Waals surface area contributed by atoms with Crippen LogP contribution in [0, 0.1) is 5.41 Å². The molecule has 2 saturated carbocycles. The van der Waals surface area contributed by atoms with Crippen LogP contribution in [0.5, 0.6) is 0 Å². The first kappa shape index (κ1) is 18.5. The fourth-order valence-corrected chi connectivity index (χ4v) is 4.71. The van der Waals surface area contributed by atoms with Gasteiger partial charge in [0.05, 0.1) is 5.41 Å². The number of nitrogens with zero attached hydrogens (tertiary/aromatic N) is 3. The lowest BCUT2D eigenvalue weighted by molar-refractivity contribution is -0.138. The molecule has 2 atom stereocenters. The molecule has 3 rings (SSSR count). The molecule has 0 aromatic rings. The van der Waals surface area contributed by atoms with Gasteiger partial charge in [-0.25, -0.2) is 0 Å². The molecule has 3 fully saturated rings. The van der Waals surface area contributed by atoms with Crippen molar-refractivity contribution in [3.05, 3.63) is 0 Å². The van der Waals surface area contributed by atoms with Gasteiger partial charge in [-0.1, -0.05) is 12.8 Å². The summed E-state index contributed by atoms with van der Waals surface area (Å²) < 4.78 is 0. The highest BCUT2D eigenvalue weighted by molar-refractivity contribution is 5.85. The fraction of sp³-hybridized carbons (Fsp3) is 0.895. The smallest absolute Gasteiger partial charge is 0.230 e. The normalized spacial score (nSPS) is 29.7. The Labute approximate surface area is 152 Å². The van der Waals surface area contributed by atoms with Crippen LogP contribution in [0.3, 0.4) is 0 Å². The third kappa shape index (κ3) is 4.10. The van der Waals surface area contributed by atoms with Crippen LogP contribution in [-0.2, 0) is 4.79 Å². The average Bonchev–Trinajstić information content (AvgIpc) is 3.20. The Morgan fingerprint density at radius 2 is 1.96 bits per heavy atom. The second kappa shape index (κ2) is 7.52. The van der Waals surface area contributed by atoms with E-state index in [4.69, 9.17) is 0 Å². The van der Waals surface area contributed by atoms with Crippen molar-refractivity contribution in [2.75, 3.05) is 34.2 Å². The SMILES string of the molecule is CN=C(NCC1(C(=O)N(C)C)CCCC1)NC1CC(C)N(C2CC2)C1. The number of hydrogen-bond donors (Lipinski definition) is 2. The van der Waals surface area contributed by atoms with Gasteiger partial charge in [-0.2, -0.15) is 0 Å². The summed E-state index contributed by atoms with van der Waals surface area (Å²) in [5.41, 5.74) is -0.260. The maximum absolute atomic E-state index is 12.7. The van der Waals surface area contributed by atoms with Gasteiger partial charge in [-0.15, -0.1) is 0 Å². The Morgan fingerprint density at radius 3 is 2.52 bits per heavy atom. The van der Waals surface area contributed by atoms with Gasteiger partial charge in [0.15, 0.2) is 5.96 Å². The third-order valence-electron chi connectivity index (χ3n) is 6.22. The predicted octanol–water partition coefficient (Wildman–Crippen LogP) is 1.43. The highest BCUT2D eigenvalue weighted by Gasteiger charge is 2.42. The number of carbonyl (C=O) groups is 1. The zero-order chi connectivity index (χ0) is 18.0. The Hall–Kier alpha value is -1.30. The van der Waals surface area contributed by atoms with E-state index in [0.717, 1.165) is 44.2 Å². The average molecular weight is 350 g/mol. The first-order valence-corrected chi connectivity index (χ1v) is 9.90. The number of likely N-dealkylation sites (tertiary alicyclic amines) is 1. The summed E-state index contributed by atoms with van der Waals surface area (Å²) >= 11 is 0. The third-order valence-corrected chi connectivity index (χ3v) is 6.22. The molecular formula is C19H35N5O. The minimum absolute atomic E-state index is 0.252. The molecule has 6 heteroatoms. The molecule has 142 valence electrons. The zero-order valence-electron chi connectivity index (χ0n) is 16.3. The molecule has 1 saturated heterocycles. The topological polar surface area (TPSA) is 60.0 Å². The van der Waals surface area contributed by atoms with Gasteiger partial charge in [0, 0.05) is 52.4 Å². The Balaban J connectivity index is 1.54. The van der Waals surface area contributed by atoms with Gasteiger partial charge in [0.25, 0.3) is 0 Å². The molecule has 25 heavy (non-hydrogen) atoms. The number of nitrogens with one attached hydrogen (secondary N) is 2. The van der Waals surface area contributed by atoms with Crippen LogP contribution in [0.2, 0.25) is 0 Å². The minimum Gasteiger partial charge on any atom is -0.355 e. The quantitative estimate of drug-likeness (QED) is 0.582. The molecule has 0 bridgehead atoms. The van der Waals surface area contributed by atoms with E-state index in [0.29, 0.717) is 18.6 Å². The molecule has 6 nitrogen and oxygen atoms in total. The Morgan fingerprint density at radius 1 is 1.28 bits per heavy atom. The molecule has 1 amide bonds. The van der Waals surface area contributed by atoms with Gasteiger partial charge < -0.3 is 15.5 Å². The van der Waals surface area contributed by atoms with Crippen molar-refractivity contribution < 1.29 is 4.79 Å². The maximum Gasteiger partial charge on any atom is 0.230 e. The van der Waals surface area contributed by atoms with Gasteiger partial charge in [0.2, 0.25) is 5.91 Å². The van der Waals surface area contributed by atoms with Crippen LogP contribution in [0.4, 0.5) is 0 Å². The molecule has 0 aromatic heterocycles. The van der Waals surface area contributed by atoms with Crippen molar-refractivity contribution in [3.8, 4) is 0 Å². The Bertz CT molecular complexity index is 508. The lowest BCUT2D eigenvalue weighted by atomic mass is 9.84. The van der Waals surface area contributed by atoms with Crippen LogP contribution in [-0.4, -0.2) is 74.0 Å². The van der Waals surface area contributed by atoms with Crippen molar-refractivity contribution >= 4 is 11.9 Å². The molecule has 0 spiro atoms. The van der Waals surface area contributed by atoms with Crippen LogP contribution in [0.15, 0.2) is 4.99 Å². The van der Waals surface area contributed by atoms with Crippen molar-refractivity contribution in [2.45, 2.75) is 70.0 Å². The second-order valence-electron chi connectivity index (χ2n) is 8.47. The van der Waals surface area contributed by atoms with Crippen molar-refractivity contribution in [3.63, 3.8) is 0 Å². The first-order valence-electron chi connectivity index (χ1n) is 9.90. The standard InChI is InChI=1S/C19H35N5O/c1-14-11-15(12-24(14)16-7-8-16)22-18(20-2)21-13-19(9-5-6-10-19)17(25)23(3)4/h14-16H,5-13H2,1-4H3,(H2,20,21,22). The number of rotatable bonds is 5. The van der Waals surface area contributed by atoms with Gasteiger partial charge in [-0.05, 0) is 39.0 Å². The fourth-order valence-electron chi connectivity index (χ4n) is 4.71. The summed E-state index contributed by atoms with van der Waals surface area (Å²) in [5.74, 6) is 1.09. The molecule has 2 unspecified atom stereocenters. The van der Waals surface area contributed by atoms with Gasteiger partial charge in [0.1, 0.15) is 0 Å². The zero-order valence-corrected chi connectivity index (χ0v) is 16.3. The number of aliphatic imine (C=N–C) groups is 1. The summed E-state index contributed by atoms with van der Waals surface area (Å²) in [6.45, 7) is 4.12. The number of guanidine groups is 1. The van der Waals surface area contributed by atoms with E-state index in [2.05, 4.69) is 27.4 Å². The first-order chi connectivity index (χ1) is 11.9. The molecular weight excluding hydrogens is 314 g/mol. The highest BCUT2D eigenvalue weighted by Crippen LogP contribution is 2.39. The summed E-state index contributed by atoms with van der Waals surface area (Å²) in [4.78, 5) is 21.5. The molecule has 2 N–H and O–H groups in total. The van der Waals surface area contributed by atoms with E-state index in [9.17, 15) is 4.79 Å². The Kier molecular flexibility index (Phi) is 5.56. The van der Waals surface area contributed by atoms with E-state index in [1.165, 1.54) is 19.3 Å². The molecule has 2 aliphatic carbocycles. The highest BCUT2D eigenvalue weighted by atomic mass is 16.2. The van der Waals surface area contributed by atoms with Crippen LogP contribution >= 0.6 is 0 Å². The van der Waals surface area contributed by atoms with E-state index >= 15 is 0 Å². The van der Waals surface area contributed by atoms with Crippen LogP contribution in [0.1, 0.15) is 51.9 Å². The molecule has 1 heterocycles. The van der Waals surface area contributed by atoms with E-state index in [1.54, 1.807) is 4.90 Å². The number of carbonyl (C=O) groups excluding carboxylic acids is 1. The lowest BCUT2D eigenvalue weighted by Gasteiger charge is -2.31. The summed E-state index contributed by atoms with van der Waals surface area (Å²) in [5, 5.41) is 7.05. The van der Waals surface area contributed by atoms with Gasteiger partial charge in [-0.3, -0.25) is 14.7 Å². The minimum atomic E-state index is -0.260. The predicted molar refractivity (Wildman–Crippen MR) is 102 cm³/mol. The van der Waals surface area contributed by atoms with Crippen LogP contribution < -0.4 is 10.6 Å². The number of hydrogen-bond acceptors (Lipinski definition) is 3. The summed E-state index contributed by atoms with van der Waals surface area (Å²) in [6.07, 6.45) is 8.12. The molecule has 1 aliphatic heterocycles. The number of amides is 1. The maximum atomic E-state index is 12.7. The summed E-state index contributed by atoms with van der Waals surface area (Å²) in [6, 6.07) is 1.92. The van der Waals surface area contributed by atoms with E-state index in [-0.39, 0.29) is 11.3 Å². The van der Waals surface area contributed by atoms with Crippen molar-refractivity contribution in [1.29, 1.82) is 0 Å². The molecule has 0 aromatic carbocycles. The molecule has 3 aliphatic rings. The van der Waals surface area contributed by atoms with Gasteiger partial charge >= 0.3 is 0 Å². The van der Waals surface area contributed by atoms with Crippen LogP contribution in [0.25, 0.3) is 0 Å². The summed E-state index contributed by atoms with van der Waals surface area (Å²) in [7, 11) is 5.55. The lowest BCUT2D eigenvalue weighted by Crippen LogP contribution is -2.51.